The molecule has 5 nitrogen and oxygen atoms in total. The number of para-hydroxylation sites is 3. The summed E-state index contributed by atoms with van der Waals surface area (Å²) in [7, 11) is 0. The highest BCUT2D eigenvalue weighted by Crippen LogP contribution is 2.54. The van der Waals surface area contributed by atoms with Crippen LogP contribution < -0.4 is 14.5 Å². The van der Waals surface area contributed by atoms with Gasteiger partial charge >= 0.3 is 0 Å². The fourth-order valence-corrected chi connectivity index (χ4v) is 12.1. The van der Waals surface area contributed by atoms with Gasteiger partial charge in [0.2, 0.25) is 0 Å². The summed E-state index contributed by atoms with van der Waals surface area (Å²) in [6.07, 6.45) is 3.37. The fraction of sp³-hybridized carbons (Fsp3) is 0.303. The quantitative estimate of drug-likeness (QED) is 0.152. The van der Waals surface area contributed by atoms with E-state index < -0.39 is 49.3 Å². The summed E-state index contributed by atoms with van der Waals surface area (Å²) in [6.45, 7) is 22.7. The van der Waals surface area contributed by atoms with Crippen LogP contribution >= 0.6 is 0 Å². The molecule has 0 N–H and O–H groups in total. The van der Waals surface area contributed by atoms with Crippen LogP contribution in [0.3, 0.4) is 0 Å². The van der Waals surface area contributed by atoms with Gasteiger partial charge < -0.3 is 14.5 Å². The average molecular weight is 1080 g/mol. The van der Waals surface area contributed by atoms with Gasteiger partial charge in [-0.1, -0.05) is 193 Å². The normalized spacial score (nSPS) is 18.1. The SMILES string of the molecule is [2H]c1c([2H])c([2H])c(-c2cc(C(C)(C)C)cc(-c3cc(C(C)(C)C)cc(C(C)(C)C)c3)c2N2CN(c3ccc(C([2H])([2H])[2H])c(Oc4ccc5c6c([2H])c([2H])c([2H])c([2H])c6n(-c6cc(C([2H])([2H])[2H])c(-c7cccc8c7C(C)(C)CCC8(C)C)cn6)c5c4)c3)c3ccccc32)c([2H])c1[2H]. The lowest BCUT2D eigenvalue weighted by Gasteiger charge is -2.43. The largest absolute Gasteiger partial charge is 0.457 e. The predicted octanol–water partition coefficient (Wildman–Crippen LogP) is 21.1. The molecule has 3 heterocycles. The number of nitrogens with zero attached hydrogens (tertiary/aromatic N) is 4. The second kappa shape index (κ2) is 19.4. The maximum absolute atomic E-state index is 9.54. The first kappa shape index (κ1) is 38.7. The molecule has 2 aromatic heterocycles. The summed E-state index contributed by atoms with van der Waals surface area (Å²) in [5, 5.41) is 0.540. The molecule has 8 aromatic carbocycles. The highest BCUT2D eigenvalue weighted by Gasteiger charge is 2.39. The van der Waals surface area contributed by atoms with Gasteiger partial charge in [0.1, 0.15) is 24.0 Å². The van der Waals surface area contributed by atoms with Crippen LogP contribution in [0.15, 0.2) is 176 Å². The van der Waals surface area contributed by atoms with Crippen LogP contribution in [0, 0.1) is 13.7 Å². The Kier molecular flexibility index (Phi) is 9.27. The molecule has 81 heavy (non-hydrogen) atoms. The van der Waals surface area contributed by atoms with Gasteiger partial charge in [-0.05, 0) is 164 Å². The molecule has 0 atom stereocenters. The maximum Gasteiger partial charge on any atom is 0.137 e. The molecular formula is C76H80N4O. The zero-order valence-corrected chi connectivity index (χ0v) is 48.9. The third-order valence-corrected chi connectivity index (χ3v) is 16.9. The van der Waals surface area contributed by atoms with Crippen LogP contribution in [0.2, 0.25) is 0 Å². The molecule has 10 aromatic rings. The number of ether oxygens (including phenoxy) is 1. The number of rotatable bonds is 8. The Labute approximate surface area is 503 Å². The first-order valence-corrected chi connectivity index (χ1v) is 28.1. The Hall–Kier alpha value is -7.89. The van der Waals surface area contributed by atoms with Gasteiger partial charge in [0.15, 0.2) is 0 Å². The monoisotopic (exact) mass is 1080 g/mol. The van der Waals surface area contributed by atoms with E-state index >= 15 is 0 Å². The molecule has 410 valence electrons. The summed E-state index contributed by atoms with van der Waals surface area (Å²) in [6, 6.07) is 31.9. The molecule has 12 rings (SSSR count). The zero-order chi connectivity index (χ0) is 70.0. The van der Waals surface area contributed by atoms with Crippen molar-refractivity contribution in [1.82, 2.24) is 9.55 Å². The molecule has 0 amide bonds. The highest BCUT2D eigenvalue weighted by molar-refractivity contribution is 6.09. The Morgan fingerprint density at radius 3 is 1.86 bits per heavy atom. The summed E-state index contributed by atoms with van der Waals surface area (Å²) in [5.74, 6) is 0.157. The van der Waals surface area contributed by atoms with E-state index in [4.69, 9.17) is 24.8 Å². The number of aromatic nitrogens is 2. The van der Waals surface area contributed by atoms with E-state index in [1.54, 1.807) is 36.5 Å². The molecular weight excluding hydrogens is 985 g/mol. The van der Waals surface area contributed by atoms with Crippen molar-refractivity contribution in [1.29, 1.82) is 0 Å². The maximum atomic E-state index is 9.54. The standard InChI is InChI=1S/C76H80N4O/c1-48-32-33-55(44-68(48)81-56-34-35-58-57-26-19-20-29-64(57)80(67(58)45-56)69-38-49(2)62(46-77-69)59-27-23-28-63-70(59)76(14,15)37-36-75(63,12)13)78-47-79(66-31-22-21-30-65(66)78)71-60(50-24-17-16-18-25-50)42-54(74(9,10)11)43-61(71)51-39-52(72(3,4)5)41-53(40-51)73(6,7)8/h16-35,38-46H,36-37,47H2,1-15H3/i1D3,2D3,16D,17D,18D,19D,20D,24D,25D,26D,29D. The topological polar surface area (TPSA) is 33.5 Å². The first-order valence-electron chi connectivity index (χ1n) is 35.6. The molecule has 0 saturated heterocycles. The average Bonchev–Trinajstić information content (AvgIpc) is 1.46. The van der Waals surface area contributed by atoms with Crippen LogP contribution in [-0.2, 0) is 27.1 Å². The van der Waals surface area contributed by atoms with Gasteiger partial charge in [-0.2, -0.15) is 0 Å². The number of hydrogen-bond acceptors (Lipinski definition) is 4. The van der Waals surface area contributed by atoms with Gasteiger partial charge in [0, 0.05) is 59.7 Å². The minimum absolute atomic E-state index is 0.00244. The van der Waals surface area contributed by atoms with Crippen molar-refractivity contribution in [3.63, 3.8) is 0 Å². The smallest absolute Gasteiger partial charge is 0.137 e. The van der Waals surface area contributed by atoms with Crippen molar-refractivity contribution in [2.24, 2.45) is 0 Å². The Morgan fingerprint density at radius 1 is 0.531 bits per heavy atom. The van der Waals surface area contributed by atoms with Gasteiger partial charge in [-0.3, -0.25) is 4.57 Å². The van der Waals surface area contributed by atoms with E-state index in [0.29, 0.717) is 39.3 Å². The Balaban J connectivity index is 1.05. The summed E-state index contributed by atoms with van der Waals surface area (Å²) < 4.78 is 144. The third-order valence-electron chi connectivity index (χ3n) is 16.9. The van der Waals surface area contributed by atoms with Crippen LogP contribution in [0.1, 0.15) is 162 Å². The molecule has 5 heteroatoms. The third kappa shape index (κ3) is 9.60. The lowest BCUT2D eigenvalue weighted by atomic mass is 9.61. The molecule has 0 bridgehead atoms. The van der Waals surface area contributed by atoms with Crippen LogP contribution in [-0.4, -0.2) is 16.2 Å². The van der Waals surface area contributed by atoms with Gasteiger partial charge in [0.25, 0.3) is 0 Å². The van der Waals surface area contributed by atoms with Crippen molar-refractivity contribution in [2.75, 3.05) is 16.5 Å². The molecule has 0 radical (unpaired) electrons. The number of benzene rings is 8. The van der Waals surface area contributed by atoms with E-state index in [9.17, 15) is 5.48 Å². The first-order chi connectivity index (χ1) is 44.5. The van der Waals surface area contributed by atoms with Crippen LogP contribution in [0.5, 0.6) is 11.5 Å². The Morgan fingerprint density at radius 2 is 1.17 bits per heavy atom. The molecule has 1 aliphatic heterocycles. The Bertz CT molecular complexity index is 4820. The van der Waals surface area contributed by atoms with Crippen molar-refractivity contribution in [2.45, 2.75) is 144 Å². The van der Waals surface area contributed by atoms with Crippen molar-refractivity contribution in [3.8, 4) is 50.7 Å². The number of pyridine rings is 1. The van der Waals surface area contributed by atoms with Crippen molar-refractivity contribution < 1.29 is 25.3 Å². The summed E-state index contributed by atoms with van der Waals surface area (Å²) >= 11 is 0. The molecule has 1 aliphatic carbocycles. The van der Waals surface area contributed by atoms with Gasteiger partial charge in [-0.25, -0.2) is 4.98 Å². The minimum Gasteiger partial charge on any atom is -0.457 e. The van der Waals surface area contributed by atoms with Crippen molar-refractivity contribution >= 4 is 44.6 Å². The minimum atomic E-state index is -2.71. The lowest BCUT2D eigenvalue weighted by Crippen LogP contribution is -2.34. The van der Waals surface area contributed by atoms with Crippen LogP contribution in [0.4, 0.5) is 22.7 Å². The van der Waals surface area contributed by atoms with Crippen molar-refractivity contribution in [3.05, 3.63) is 215 Å². The molecule has 0 spiro atoms. The van der Waals surface area contributed by atoms with E-state index in [1.165, 1.54) is 16.7 Å². The number of aryl methyl sites for hydroxylation is 2. The van der Waals surface area contributed by atoms with Crippen LogP contribution in [0.25, 0.3) is 61.0 Å². The molecule has 2 aliphatic rings. The van der Waals surface area contributed by atoms with E-state index in [2.05, 4.69) is 125 Å². The van der Waals surface area contributed by atoms with Gasteiger partial charge in [-0.15, -0.1) is 0 Å². The fourth-order valence-electron chi connectivity index (χ4n) is 12.1. The highest BCUT2D eigenvalue weighted by atomic mass is 16.5. The van der Waals surface area contributed by atoms with Gasteiger partial charge in [0.05, 0.1) is 40.4 Å². The second-order valence-electron chi connectivity index (χ2n) is 26.6. The molecule has 0 saturated carbocycles. The number of fused-ring (bicyclic) bond motifs is 5. The van der Waals surface area contributed by atoms with E-state index in [1.807, 2.05) is 47.4 Å². The molecule has 0 fully saturated rings. The second-order valence-corrected chi connectivity index (χ2v) is 26.6. The number of hydrogen-bond donors (Lipinski definition) is 0. The van der Waals surface area contributed by atoms with E-state index in [-0.39, 0.29) is 103 Å². The molecule has 0 unspecified atom stereocenters. The zero-order valence-electron chi connectivity index (χ0n) is 63.9. The number of anilines is 4. The summed E-state index contributed by atoms with van der Waals surface area (Å²) in [5.41, 5.74) is 9.68. The summed E-state index contributed by atoms with van der Waals surface area (Å²) in [4.78, 5) is 9.10. The lowest BCUT2D eigenvalue weighted by molar-refractivity contribution is 0.333. The predicted molar refractivity (Wildman–Crippen MR) is 344 cm³/mol. The van der Waals surface area contributed by atoms with E-state index in [0.717, 1.165) is 57.3 Å².